The largest absolute Gasteiger partial charge is 0.356 e. The highest BCUT2D eigenvalue weighted by Crippen LogP contribution is 2.28. The highest BCUT2D eigenvalue weighted by Gasteiger charge is 2.20. The van der Waals surface area contributed by atoms with E-state index in [0.717, 1.165) is 48.1 Å². The molecule has 1 aromatic carbocycles. The minimum Gasteiger partial charge on any atom is -0.356 e. The zero-order chi connectivity index (χ0) is 19.3. The molecule has 1 N–H and O–H groups in total. The van der Waals surface area contributed by atoms with Crippen LogP contribution >= 0.6 is 0 Å². The summed E-state index contributed by atoms with van der Waals surface area (Å²) < 4.78 is 15.5. The fourth-order valence-electron chi connectivity index (χ4n) is 4.13. The third kappa shape index (κ3) is 4.08. The number of aromatic nitrogens is 2. The quantitative estimate of drug-likeness (QED) is 0.618. The molecule has 1 saturated carbocycles. The summed E-state index contributed by atoms with van der Waals surface area (Å²) in [5.74, 6) is 0.154. The Morgan fingerprint density at radius 2 is 1.93 bits per heavy atom. The highest BCUT2D eigenvalue weighted by molar-refractivity contribution is 5.84. The Morgan fingerprint density at radius 3 is 2.71 bits per heavy atom. The van der Waals surface area contributed by atoms with Gasteiger partial charge in [-0.15, -0.1) is 0 Å². The van der Waals surface area contributed by atoms with Crippen LogP contribution in [0.1, 0.15) is 38.5 Å². The van der Waals surface area contributed by atoms with E-state index in [2.05, 4.69) is 20.9 Å². The Balaban J connectivity index is 1.46. The summed E-state index contributed by atoms with van der Waals surface area (Å²) in [5.41, 5.74) is 2.90. The standard InChI is InChI=1S/C23H26FN3O/c24-20-11-9-17(10-12-20)21-16-19-8-4-13-25-22(19)27(21)15-5-14-26-23(28)18-6-2-1-3-7-18/h4,8-13,16,18H,1-3,5-7,14-15H2,(H,26,28). The number of halogens is 1. The van der Waals surface area contributed by atoms with Gasteiger partial charge in [-0.2, -0.15) is 0 Å². The zero-order valence-electron chi connectivity index (χ0n) is 16.0. The normalized spacial score (nSPS) is 15.0. The molecule has 28 heavy (non-hydrogen) atoms. The molecule has 0 spiro atoms. The van der Waals surface area contributed by atoms with E-state index in [4.69, 9.17) is 0 Å². The van der Waals surface area contributed by atoms with Gasteiger partial charge in [0, 0.05) is 30.6 Å². The Bertz CT molecular complexity index is 942. The summed E-state index contributed by atoms with van der Waals surface area (Å²) in [6, 6.07) is 12.6. The van der Waals surface area contributed by atoms with Crippen LogP contribution in [-0.2, 0) is 11.3 Å². The lowest BCUT2D eigenvalue weighted by molar-refractivity contribution is -0.125. The first kappa shape index (κ1) is 18.7. The van der Waals surface area contributed by atoms with Crippen molar-refractivity contribution in [1.82, 2.24) is 14.9 Å². The predicted octanol–water partition coefficient (Wildman–Crippen LogP) is 4.93. The van der Waals surface area contributed by atoms with E-state index >= 15 is 0 Å². The third-order valence-electron chi connectivity index (χ3n) is 5.63. The van der Waals surface area contributed by atoms with E-state index in [1.807, 2.05) is 12.1 Å². The van der Waals surface area contributed by atoms with Crippen LogP contribution in [0.25, 0.3) is 22.3 Å². The Kier molecular flexibility index (Phi) is 5.70. The molecule has 0 radical (unpaired) electrons. The second kappa shape index (κ2) is 8.55. The van der Waals surface area contributed by atoms with E-state index in [1.165, 1.54) is 31.4 Å². The number of aryl methyl sites for hydroxylation is 1. The van der Waals surface area contributed by atoms with Gasteiger partial charge in [0.2, 0.25) is 5.91 Å². The number of hydrogen-bond acceptors (Lipinski definition) is 2. The molecular weight excluding hydrogens is 353 g/mol. The van der Waals surface area contributed by atoms with Gasteiger partial charge in [-0.3, -0.25) is 4.79 Å². The summed E-state index contributed by atoms with van der Waals surface area (Å²) in [6.45, 7) is 1.41. The molecule has 0 bridgehead atoms. The van der Waals surface area contributed by atoms with Crippen molar-refractivity contribution in [3.05, 3.63) is 54.5 Å². The topological polar surface area (TPSA) is 46.9 Å². The van der Waals surface area contributed by atoms with E-state index < -0.39 is 0 Å². The summed E-state index contributed by atoms with van der Waals surface area (Å²) in [6.07, 6.45) is 8.24. The van der Waals surface area contributed by atoms with Crippen molar-refractivity contribution in [2.24, 2.45) is 5.92 Å². The van der Waals surface area contributed by atoms with Crippen LogP contribution in [0.4, 0.5) is 4.39 Å². The molecule has 4 nitrogen and oxygen atoms in total. The van der Waals surface area contributed by atoms with Crippen LogP contribution in [-0.4, -0.2) is 22.0 Å². The van der Waals surface area contributed by atoms with Gasteiger partial charge in [0.25, 0.3) is 0 Å². The fourth-order valence-corrected chi connectivity index (χ4v) is 4.13. The SMILES string of the molecule is O=C(NCCCn1c(-c2ccc(F)cc2)cc2cccnc21)C1CCCCC1. The Hall–Kier alpha value is -2.69. The van der Waals surface area contributed by atoms with Crippen molar-refractivity contribution in [2.75, 3.05) is 6.54 Å². The van der Waals surface area contributed by atoms with Crippen LogP contribution in [0, 0.1) is 11.7 Å². The molecule has 1 aliphatic rings. The molecule has 0 atom stereocenters. The van der Waals surface area contributed by atoms with Gasteiger partial charge >= 0.3 is 0 Å². The maximum absolute atomic E-state index is 13.3. The Labute approximate surface area is 164 Å². The van der Waals surface area contributed by atoms with Crippen molar-refractivity contribution in [2.45, 2.75) is 45.1 Å². The van der Waals surface area contributed by atoms with Crippen LogP contribution < -0.4 is 5.32 Å². The summed E-state index contributed by atoms with van der Waals surface area (Å²) in [7, 11) is 0. The maximum atomic E-state index is 13.3. The average molecular weight is 379 g/mol. The number of hydrogen-bond donors (Lipinski definition) is 1. The fraction of sp³-hybridized carbons (Fsp3) is 0.391. The Morgan fingerprint density at radius 1 is 1.14 bits per heavy atom. The van der Waals surface area contributed by atoms with Gasteiger partial charge in [-0.05, 0) is 67.3 Å². The van der Waals surface area contributed by atoms with Crippen LogP contribution in [0.15, 0.2) is 48.7 Å². The number of carbonyl (C=O) groups is 1. The number of fused-ring (bicyclic) bond motifs is 1. The molecule has 2 aromatic heterocycles. The molecular formula is C23H26FN3O. The number of benzene rings is 1. The lowest BCUT2D eigenvalue weighted by Gasteiger charge is -2.20. The first-order valence-electron chi connectivity index (χ1n) is 10.2. The van der Waals surface area contributed by atoms with Crippen molar-refractivity contribution in [1.29, 1.82) is 0 Å². The van der Waals surface area contributed by atoms with E-state index in [-0.39, 0.29) is 17.6 Å². The lowest BCUT2D eigenvalue weighted by Crippen LogP contribution is -2.32. The third-order valence-corrected chi connectivity index (χ3v) is 5.63. The molecule has 0 aliphatic heterocycles. The number of pyridine rings is 1. The number of rotatable bonds is 6. The monoisotopic (exact) mass is 379 g/mol. The molecule has 146 valence electrons. The second-order valence-corrected chi connectivity index (χ2v) is 7.58. The van der Waals surface area contributed by atoms with E-state index in [0.29, 0.717) is 6.54 Å². The molecule has 3 aromatic rings. The number of nitrogens with zero attached hydrogens (tertiary/aromatic N) is 2. The molecule has 1 aliphatic carbocycles. The number of amides is 1. The van der Waals surface area contributed by atoms with Gasteiger partial charge in [0.05, 0.1) is 5.69 Å². The maximum Gasteiger partial charge on any atom is 0.223 e. The van der Waals surface area contributed by atoms with Gasteiger partial charge in [-0.1, -0.05) is 19.3 Å². The molecule has 5 heteroatoms. The smallest absolute Gasteiger partial charge is 0.223 e. The average Bonchev–Trinajstić information content (AvgIpc) is 3.11. The minimum absolute atomic E-state index is 0.192. The minimum atomic E-state index is -0.241. The number of carbonyl (C=O) groups excluding carboxylic acids is 1. The summed E-state index contributed by atoms with van der Waals surface area (Å²) >= 11 is 0. The summed E-state index contributed by atoms with van der Waals surface area (Å²) in [4.78, 5) is 16.9. The molecule has 4 rings (SSSR count). The zero-order valence-corrected chi connectivity index (χ0v) is 16.0. The van der Waals surface area contributed by atoms with Gasteiger partial charge in [-0.25, -0.2) is 9.37 Å². The van der Waals surface area contributed by atoms with Crippen molar-refractivity contribution < 1.29 is 9.18 Å². The first-order chi connectivity index (χ1) is 13.7. The molecule has 0 saturated heterocycles. The highest BCUT2D eigenvalue weighted by atomic mass is 19.1. The van der Waals surface area contributed by atoms with Crippen molar-refractivity contribution in [3.8, 4) is 11.3 Å². The van der Waals surface area contributed by atoms with Crippen LogP contribution in [0.5, 0.6) is 0 Å². The van der Waals surface area contributed by atoms with Crippen LogP contribution in [0.2, 0.25) is 0 Å². The molecule has 0 unspecified atom stereocenters. The van der Waals surface area contributed by atoms with Crippen molar-refractivity contribution >= 4 is 16.9 Å². The van der Waals surface area contributed by atoms with E-state index in [1.54, 1.807) is 18.3 Å². The molecule has 2 heterocycles. The first-order valence-corrected chi connectivity index (χ1v) is 10.2. The molecule has 1 fully saturated rings. The van der Waals surface area contributed by atoms with E-state index in [9.17, 15) is 9.18 Å². The summed E-state index contributed by atoms with van der Waals surface area (Å²) in [5, 5.41) is 4.17. The lowest BCUT2D eigenvalue weighted by atomic mass is 9.89. The second-order valence-electron chi connectivity index (χ2n) is 7.58. The van der Waals surface area contributed by atoms with Crippen LogP contribution in [0.3, 0.4) is 0 Å². The van der Waals surface area contributed by atoms with Gasteiger partial charge in [0.15, 0.2) is 0 Å². The van der Waals surface area contributed by atoms with Crippen molar-refractivity contribution in [3.63, 3.8) is 0 Å². The van der Waals surface area contributed by atoms with Gasteiger partial charge in [0.1, 0.15) is 11.5 Å². The number of nitrogens with one attached hydrogen (secondary N) is 1. The molecule has 1 amide bonds. The van der Waals surface area contributed by atoms with Gasteiger partial charge < -0.3 is 9.88 Å². The predicted molar refractivity (Wildman–Crippen MR) is 109 cm³/mol.